The first kappa shape index (κ1) is 11.3. The van der Waals surface area contributed by atoms with Crippen LogP contribution in [-0.2, 0) is 0 Å². The van der Waals surface area contributed by atoms with Crippen LogP contribution < -0.4 is 5.32 Å². The second kappa shape index (κ2) is 5.16. The lowest BCUT2D eigenvalue weighted by Crippen LogP contribution is -2.33. The molecule has 0 bridgehead atoms. The maximum Gasteiger partial charge on any atom is 0.254 e. The largest absolute Gasteiger partial charge is 0.338 e. The van der Waals surface area contributed by atoms with Gasteiger partial charge in [-0.25, -0.2) is 0 Å². The number of carbonyl (C=O) groups is 1. The molecule has 78 valence electrons. The van der Waals surface area contributed by atoms with E-state index in [1.165, 1.54) is 0 Å². The van der Waals surface area contributed by atoms with Gasteiger partial charge in [-0.05, 0) is 25.5 Å². The van der Waals surface area contributed by atoms with Gasteiger partial charge in [0.1, 0.15) is 0 Å². The van der Waals surface area contributed by atoms with Crippen molar-refractivity contribution in [2.24, 2.45) is 0 Å². The number of nitrogens with zero attached hydrogens (tertiary/aromatic N) is 1. The Morgan fingerprint density at radius 1 is 1.73 bits per heavy atom. The zero-order chi connectivity index (χ0) is 11.3. The van der Waals surface area contributed by atoms with Gasteiger partial charge in [-0.1, -0.05) is 12.8 Å². The average molecular weight is 202 g/mol. The Balaban J connectivity index is 2.79. The molecule has 1 N–H and O–H groups in total. The first-order valence-electron chi connectivity index (χ1n) is 4.87. The van der Waals surface area contributed by atoms with Crippen LogP contribution in [0.3, 0.4) is 0 Å². The third kappa shape index (κ3) is 2.81. The molecule has 1 unspecified atom stereocenters. The summed E-state index contributed by atoms with van der Waals surface area (Å²) in [6.45, 7) is 3.73. The summed E-state index contributed by atoms with van der Waals surface area (Å²) in [4.78, 5) is 15.8. The third-order valence-corrected chi connectivity index (χ3v) is 2.17. The SMILES string of the molecule is C#CC(CC)NC(=O)c1cccnc1C. The lowest BCUT2D eigenvalue weighted by molar-refractivity contribution is 0.0944. The number of pyridine rings is 1. The molecule has 0 saturated carbocycles. The topological polar surface area (TPSA) is 42.0 Å². The number of amides is 1. The fraction of sp³-hybridized carbons (Fsp3) is 0.333. The van der Waals surface area contributed by atoms with E-state index in [0.29, 0.717) is 11.3 Å². The highest BCUT2D eigenvalue weighted by Crippen LogP contribution is 2.04. The number of hydrogen-bond donors (Lipinski definition) is 1. The molecule has 15 heavy (non-hydrogen) atoms. The van der Waals surface area contributed by atoms with Crippen molar-refractivity contribution in [2.45, 2.75) is 26.3 Å². The standard InChI is InChI=1S/C12H14N2O/c1-4-10(5-2)14-12(15)11-7-6-8-13-9(11)3/h1,6-8,10H,5H2,2-3H3,(H,14,15). The van der Waals surface area contributed by atoms with Crippen molar-refractivity contribution in [3.8, 4) is 12.3 Å². The van der Waals surface area contributed by atoms with Crippen molar-refractivity contribution in [2.75, 3.05) is 0 Å². The van der Waals surface area contributed by atoms with Crippen LogP contribution in [-0.4, -0.2) is 16.9 Å². The monoisotopic (exact) mass is 202 g/mol. The molecule has 1 aromatic rings. The van der Waals surface area contributed by atoms with Crippen LogP contribution >= 0.6 is 0 Å². The van der Waals surface area contributed by atoms with Gasteiger partial charge in [0.05, 0.1) is 11.6 Å². The molecule has 1 aromatic heterocycles. The van der Waals surface area contributed by atoms with Gasteiger partial charge in [-0.3, -0.25) is 9.78 Å². The summed E-state index contributed by atoms with van der Waals surface area (Å²) in [6.07, 6.45) is 7.65. The van der Waals surface area contributed by atoms with Gasteiger partial charge in [0.15, 0.2) is 0 Å². The molecule has 0 aliphatic rings. The van der Waals surface area contributed by atoms with Gasteiger partial charge >= 0.3 is 0 Å². The zero-order valence-corrected chi connectivity index (χ0v) is 8.95. The van der Waals surface area contributed by atoms with Gasteiger partial charge in [0, 0.05) is 11.9 Å². The summed E-state index contributed by atoms with van der Waals surface area (Å²) in [6, 6.07) is 3.26. The van der Waals surface area contributed by atoms with Gasteiger partial charge < -0.3 is 5.32 Å². The molecule has 0 spiro atoms. The van der Waals surface area contributed by atoms with Crippen LogP contribution in [0.1, 0.15) is 29.4 Å². The third-order valence-electron chi connectivity index (χ3n) is 2.17. The minimum Gasteiger partial charge on any atom is -0.338 e. The summed E-state index contributed by atoms with van der Waals surface area (Å²) in [5.74, 6) is 2.36. The Bertz CT molecular complexity index is 393. The van der Waals surface area contributed by atoms with E-state index in [9.17, 15) is 4.79 Å². The van der Waals surface area contributed by atoms with Crippen molar-refractivity contribution in [3.05, 3.63) is 29.6 Å². The highest BCUT2D eigenvalue weighted by molar-refractivity contribution is 5.95. The molecule has 1 heterocycles. The van der Waals surface area contributed by atoms with Crippen molar-refractivity contribution >= 4 is 5.91 Å². The quantitative estimate of drug-likeness (QED) is 0.755. The van der Waals surface area contributed by atoms with Gasteiger partial charge in [-0.15, -0.1) is 6.42 Å². The first-order valence-corrected chi connectivity index (χ1v) is 4.87. The minimum atomic E-state index is -0.211. The van der Waals surface area contributed by atoms with Crippen molar-refractivity contribution in [1.82, 2.24) is 10.3 Å². The van der Waals surface area contributed by atoms with E-state index >= 15 is 0 Å². The minimum absolute atomic E-state index is 0.162. The fourth-order valence-electron chi connectivity index (χ4n) is 1.22. The molecule has 1 rings (SSSR count). The normalized spacial score (nSPS) is 11.5. The molecule has 0 aliphatic carbocycles. The van der Waals surface area contributed by atoms with Crippen molar-refractivity contribution in [3.63, 3.8) is 0 Å². The average Bonchev–Trinajstić information content (AvgIpc) is 2.26. The molecule has 1 amide bonds. The van der Waals surface area contributed by atoms with E-state index in [-0.39, 0.29) is 11.9 Å². The number of hydrogen-bond acceptors (Lipinski definition) is 2. The Morgan fingerprint density at radius 3 is 3.00 bits per heavy atom. The number of carbonyl (C=O) groups excluding carboxylic acids is 1. The number of rotatable bonds is 3. The number of nitrogens with one attached hydrogen (secondary N) is 1. The molecule has 3 nitrogen and oxygen atoms in total. The van der Waals surface area contributed by atoms with Crippen molar-refractivity contribution < 1.29 is 4.79 Å². The Morgan fingerprint density at radius 2 is 2.47 bits per heavy atom. The van der Waals surface area contributed by atoms with Crippen molar-refractivity contribution in [1.29, 1.82) is 0 Å². The molecule has 0 aromatic carbocycles. The van der Waals surface area contributed by atoms with E-state index in [1.807, 2.05) is 6.92 Å². The molecule has 1 atom stereocenters. The van der Waals surface area contributed by atoms with Crippen LogP contribution in [0.4, 0.5) is 0 Å². The maximum atomic E-state index is 11.7. The second-order valence-corrected chi connectivity index (χ2v) is 3.24. The van der Waals surface area contributed by atoms with Crippen LogP contribution in [0.15, 0.2) is 18.3 Å². The predicted octanol–water partition coefficient (Wildman–Crippen LogP) is 1.53. The molecule has 0 aliphatic heterocycles. The number of aromatic nitrogens is 1. The fourth-order valence-corrected chi connectivity index (χ4v) is 1.22. The van der Waals surface area contributed by atoms with Crippen LogP contribution in [0.2, 0.25) is 0 Å². The summed E-state index contributed by atoms with van der Waals surface area (Å²) in [5.41, 5.74) is 1.29. The summed E-state index contributed by atoms with van der Waals surface area (Å²) < 4.78 is 0. The molecule has 0 saturated heterocycles. The van der Waals surface area contributed by atoms with Crippen LogP contribution in [0, 0.1) is 19.3 Å². The first-order chi connectivity index (χ1) is 7.19. The summed E-state index contributed by atoms with van der Waals surface area (Å²) >= 11 is 0. The van der Waals surface area contributed by atoms with Crippen LogP contribution in [0.5, 0.6) is 0 Å². The maximum absolute atomic E-state index is 11.7. The van der Waals surface area contributed by atoms with E-state index in [0.717, 1.165) is 6.42 Å². The number of terminal acetylenes is 1. The van der Waals surface area contributed by atoms with Gasteiger partial charge in [0.2, 0.25) is 0 Å². The van der Waals surface area contributed by atoms with Crippen LogP contribution in [0.25, 0.3) is 0 Å². The van der Waals surface area contributed by atoms with Gasteiger partial charge in [0.25, 0.3) is 5.91 Å². The molecule has 3 heteroatoms. The highest BCUT2D eigenvalue weighted by atomic mass is 16.1. The zero-order valence-electron chi connectivity index (χ0n) is 8.95. The molecule has 0 radical (unpaired) electrons. The summed E-state index contributed by atoms with van der Waals surface area (Å²) in [7, 11) is 0. The Hall–Kier alpha value is -1.82. The van der Waals surface area contributed by atoms with E-state index in [1.54, 1.807) is 25.3 Å². The lowest BCUT2D eigenvalue weighted by Gasteiger charge is -2.11. The summed E-state index contributed by atoms with van der Waals surface area (Å²) in [5, 5.41) is 2.76. The lowest BCUT2D eigenvalue weighted by atomic mass is 10.1. The predicted molar refractivity (Wildman–Crippen MR) is 59.4 cm³/mol. The van der Waals surface area contributed by atoms with E-state index < -0.39 is 0 Å². The molecular weight excluding hydrogens is 188 g/mol. The highest BCUT2D eigenvalue weighted by Gasteiger charge is 2.11. The van der Waals surface area contributed by atoms with E-state index in [2.05, 4.69) is 16.2 Å². The smallest absolute Gasteiger partial charge is 0.254 e. The van der Waals surface area contributed by atoms with Gasteiger partial charge in [-0.2, -0.15) is 0 Å². The Labute approximate surface area is 89.9 Å². The molecule has 0 fully saturated rings. The Kier molecular flexibility index (Phi) is 3.87. The second-order valence-electron chi connectivity index (χ2n) is 3.24. The van der Waals surface area contributed by atoms with E-state index in [4.69, 9.17) is 6.42 Å². The number of aryl methyl sites for hydroxylation is 1. The molecular formula is C12H14N2O.